The second-order valence-corrected chi connectivity index (χ2v) is 4.62. The average Bonchev–Trinajstić information content (AvgIpc) is 2.98. The molecule has 0 aliphatic heterocycles. The summed E-state index contributed by atoms with van der Waals surface area (Å²) in [5.74, 6) is -0.442. The van der Waals surface area contributed by atoms with Gasteiger partial charge in [-0.3, -0.25) is 20.2 Å². The molecule has 1 amide bonds. The van der Waals surface area contributed by atoms with E-state index in [0.29, 0.717) is 6.54 Å². The summed E-state index contributed by atoms with van der Waals surface area (Å²) < 4.78 is 5.17. The van der Waals surface area contributed by atoms with E-state index in [1.54, 1.807) is 6.07 Å². The zero-order valence-corrected chi connectivity index (χ0v) is 12.5. The van der Waals surface area contributed by atoms with Crippen LogP contribution in [0.1, 0.15) is 19.8 Å². The molecule has 23 heavy (non-hydrogen) atoms. The molecular weight excluding hydrogens is 304 g/mol. The second-order valence-electron chi connectivity index (χ2n) is 4.62. The van der Waals surface area contributed by atoms with Crippen molar-refractivity contribution in [3.05, 3.63) is 34.4 Å². The molecule has 1 aromatic heterocycles. The number of nitrogens with one attached hydrogen (secondary N) is 1. The van der Waals surface area contributed by atoms with E-state index < -0.39 is 17.4 Å². The van der Waals surface area contributed by atoms with E-state index in [9.17, 15) is 14.9 Å². The minimum absolute atomic E-state index is 0.0206. The first-order valence-electron chi connectivity index (χ1n) is 7.04. The first-order chi connectivity index (χ1) is 11.1. The highest BCUT2D eigenvalue weighted by molar-refractivity contribution is 5.90. The van der Waals surface area contributed by atoms with Crippen molar-refractivity contribution in [1.82, 2.24) is 20.2 Å². The Morgan fingerprint density at radius 3 is 2.96 bits per heavy atom. The number of rotatable bonds is 8. The zero-order chi connectivity index (χ0) is 16.7. The minimum atomic E-state index is -0.575. The first kappa shape index (κ1) is 16.3. The molecule has 1 aromatic carbocycles. The Morgan fingerprint density at radius 1 is 1.43 bits per heavy atom. The van der Waals surface area contributed by atoms with Gasteiger partial charge >= 0.3 is 5.69 Å². The van der Waals surface area contributed by atoms with Crippen LogP contribution < -0.4 is 10.1 Å². The van der Waals surface area contributed by atoms with E-state index in [-0.39, 0.29) is 17.4 Å². The molecule has 0 aliphatic carbocycles. The molecule has 0 radical (unpaired) electrons. The van der Waals surface area contributed by atoms with Gasteiger partial charge in [0.2, 0.25) is 0 Å². The number of nitro groups is 1. The maximum atomic E-state index is 11.8. The molecule has 2 aromatic rings. The van der Waals surface area contributed by atoms with Crippen molar-refractivity contribution in [2.75, 3.05) is 11.9 Å². The highest BCUT2D eigenvalue weighted by atomic mass is 16.6. The molecule has 0 saturated heterocycles. The van der Waals surface area contributed by atoms with Crippen LogP contribution in [0.15, 0.2) is 24.3 Å². The molecule has 10 heteroatoms. The quantitative estimate of drug-likeness (QED) is 0.575. The standard InChI is InChI=1S/C13H16N6O4/c1-2-3-8-18-16-13(15-17-18)14-12(20)9-23-11-7-5-4-6-10(11)19(21)22/h4-7H,2-3,8-9H2,1H3,(H,14,16,20). The van der Waals surface area contributed by atoms with Gasteiger partial charge in [-0.25, -0.2) is 0 Å². The van der Waals surface area contributed by atoms with E-state index in [1.165, 1.54) is 23.0 Å². The largest absolute Gasteiger partial charge is 0.477 e. The Kier molecular flexibility index (Phi) is 5.56. The average molecular weight is 320 g/mol. The van der Waals surface area contributed by atoms with Crippen LogP contribution in [-0.4, -0.2) is 37.6 Å². The number of ether oxygens (including phenoxy) is 1. The Hall–Kier alpha value is -3.04. The van der Waals surface area contributed by atoms with Crippen molar-refractivity contribution in [3.8, 4) is 5.75 Å². The number of unbranched alkanes of at least 4 members (excludes halogenated alkanes) is 1. The molecule has 0 atom stereocenters. The topological polar surface area (TPSA) is 125 Å². The number of hydrogen-bond donors (Lipinski definition) is 1. The van der Waals surface area contributed by atoms with Crippen LogP contribution in [0, 0.1) is 10.1 Å². The molecule has 0 saturated carbocycles. The number of benzene rings is 1. The predicted octanol–water partition coefficient (Wildman–Crippen LogP) is 1.40. The molecule has 10 nitrogen and oxygen atoms in total. The number of tetrazole rings is 1. The summed E-state index contributed by atoms with van der Waals surface area (Å²) in [6.07, 6.45) is 1.90. The van der Waals surface area contributed by atoms with Crippen LogP contribution in [0.3, 0.4) is 0 Å². The summed E-state index contributed by atoms with van der Waals surface area (Å²) in [6, 6.07) is 5.82. The van der Waals surface area contributed by atoms with E-state index in [1.807, 2.05) is 6.92 Å². The predicted molar refractivity (Wildman–Crippen MR) is 79.9 cm³/mol. The summed E-state index contributed by atoms with van der Waals surface area (Å²) in [7, 11) is 0. The lowest BCUT2D eigenvalue weighted by Crippen LogP contribution is -2.21. The highest BCUT2D eigenvalue weighted by Gasteiger charge is 2.15. The smallest absolute Gasteiger partial charge is 0.310 e. The number of aryl methyl sites for hydroxylation is 1. The van der Waals surface area contributed by atoms with E-state index >= 15 is 0 Å². The van der Waals surface area contributed by atoms with Gasteiger partial charge in [0.1, 0.15) is 0 Å². The minimum Gasteiger partial charge on any atom is -0.477 e. The lowest BCUT2D eigenvalue weighted by atomic mass is 10.3. The van der Waals surface area contributed by atoms with Gasteiger partial charge in [0.15, 0.2) is 12.4 Å². The second kappa shape index (κ2) is 7.82. The molecule has 2 rings (SSSR count). The van der Waals surface area contributed by atoms with Crippen molar-refractivity contribution in [1.29, 1.82) is 0 Å². The third kappa shape index (κ3) is 4.73. The Balaban J connectivity index is 1.88. The number of aromatic nitrogens is 4. The molecule has 0 bridgehead atoms. The van der Waals surface area contributed by atoms with Crippen LogP contribution in [-0.2, 0) is 11.3 Å². The fraction of sp³-hybridized carbons (Fsp3) is 0.385. The number of nitro benzene ring substituents is 1. The maximum absolute atomic E-state index is 11.8. The fourth-order valence-electron chi connectivity index (χ4n) is 1.72. The normalized spacial score (nSPS) is 10.3. The number of amides is 1. The van der Waals surface area contributed by atoms with Crippen molar-refractivity contribution >= 4 is 17.5 Å². The first-order valence-corrected chi connectivity index (χ1v) is 7.04. The lowest BCUT2D eigenvalue weighted by molar-refractivity contribution is -0.385. The number of para-hydroxylation sites is 2. The van der Waals surface area contributed by atoms with Crippen molar-refractivity contribution in [3.63, 3.8) is 0 Å². The van der Waals surface area contributed by atoms with Gasteiger partial charge in [0.05, 0.1) is 11.5 Å². The number of carbonyl (C=O) groups excluding carboxylic acids is 1. The summed E-state index contributed by atoms with van der Waals surface area (Å²) in [4.78, 5) is 23.4. The van der Waals surface area contributed by atoms with Crippen LogP contribution in [0.2, 0.25) is 0 Å². The van der Waals surface area contributed by atoms with Crippen LogP contribution in [0.25, 0.3) is 0 Å². The zero-order valence-electron chi connectivity index (χ0n) is 12.5. The Labute approximate surface area is 131 Å². The van der Waals surface area contributed by atoms with Crippen LogP contribution in [0.5, 0.6) is 5.75 Å². The molecule has 0 spiro atoms. The Morgan fingerprint density at radius 2 is 2.22 bits per heavy atom. The van der Waals surface area contributed by atoms with Gasteiger partial charge in [0.25, 0.3) is 11.9 Å². The number of hydrogen-bond acceptors (Lipinski definition) is 7. The molecule has 122 valence electrons. The maximum Gasteiger partial charge on any atom is 0.310 e. The van der Waals surface area contributed by atoms with E-state index in [2.05, 4.69) is 20.7 Å². The molecule has 1 N–H and O–H groups in total. The number of anilines is 1. The van der Waals surface area contributed by atoms with Crippen LogP contribution in [0.4, 0.5) is 11.6 Å². The van der Waals surface area contributed by atoms with Gasteiger partial charge in [-0.15, -0.1) is 5.10 Å². The molecule has 0 aliphatic rings. The van der Waals surface area contributed by atoms with Gasteiger partial charge < -0.3 is 4.74 Å². The SMILES string of the molecule is CCCCn1nnc(NC(=O)COc2ccccc2[N+](=O)[O-])n1. The van der Waals surface area contributed by atoms with Crippen molar-refractivity contribution < 1.29 is 14.5 Å². The lowest BCUT2D eigenvalue weighted by Gasteiger charge is -2.05. The fourth-order valence-corrected chi connectivity index (χ4v) is 1.72. The molecular formula is C13H16N6O4. The van der Waals surface area contributed by atoms with Crippen molar-refractivity contribution in [2.45, 2.75) is 26.3 Å². The van der Waals surface area contributed by atoms with Gasteiger partial charge in [-0.05, 0) is 17.7 Å². The summed E-state index contributed by atoms with van der Waals surface area (Å²) in [6.45, 7) is 2.26. The third-order valence-electron chi connectivity index (χ3n) is 2.84. The molecule has 1 heterocycles. The summed E-state index contributed by atoms with van der Waals surface area (Å²) in [5, 5.41) is 24.7. The number of carbonyl (C=O) groups is 1. The van der Waals surface area contributed by atoms with Crippen LogP contribution >= 0.6 is 0 Å². The Bertz CT molecular complexity index is 687. The van der Waals surface area contributed by atoms with Gasteiger partial charge in [-0.2, -0.15) is 4.80 Å². The van der Waals surface area contributed by atoms with E-state index in [0.717, 1.165) is 12.8 Å². The third-order valence-corrected chi connectivity index (χ3v) is 2.84. The monoisotopic (exact) mass is 320 g/mol. The van der Waals surface area contributed by atoms with E-state index in [4.69, 9.17) is 4.74 Å². The summed E-state index contributed by atoms with van der Waals surface area (Å²) in [5.41, 5.74) is -0.205. The van der Waals surface area contributed by atoms with Crippen molar-refractivity contribution in [2.24, 2.45) is 0 Å². The number of nitrogens with zero attached hydrogens (tertiary/aromatic N) is 5. The van der Waals surface area contributed by atoms with Gasteiger partial charge in [-0.1, -0.05) is 30.6 Å². The van der Waals surface area contributed by atoms with Gasteiger partial charge in [0, 0.05) is 6.07 Å². The summed E-state index contributed by atoms with van der Waals surface area (Å²) >= 11 is 0. The highest BCUT2D eigenvalue weighted by Crippen LogP contribution is 2.25. The molecule has 0 unspecified atom stereocenters. The molecule has 0 fully saturated rings.